The van der Waals surface area contributed by atoms with Crippen LogP contribution in [0.4, 0.5) is 4.39 Å². The van der Waals surface area contributed by atoms with Crippen molar-refractivity contribution in [2.75, 3.05) is 0 Å². The van der Waals surface area contributed by atoms with Gasteiger partial charge in [-0.3, -0.25) is 4.79 Å². The lowest BCUT2D eigenvalue weighted by molar-refractivity contribution is -0.148. The molecule has 4 aliphatic rings. The summed E-state index contributed by atoms with van der Waals surface area (Å²) in [7, 11) is 0. The molecule has 0 spiro atoms. The van der Waals surface area contributed by atoms with Crippen LogP contribution in [-0.2, 0) is 4.79 Å². The molecule has 0 bridgehead atoms. The fourth-order valence-electron chi connectivity index (χ4n) is 7.26. The topological polar surface area (TPSA) is 37.3 Å². The Hall–Kier alpha value is -0.700. The smallest absolute Gasteiger partial charge is 0.158 e. The summed E-state index contributed by atoms with van der Waals surface area (Å²) >= 11 is 0. The summed E-state index contributed by atoms with van der Waals surface area (Å²) in [5.74, 6) is 1.06. The lowest BCUT2D eigenvalue weighted by atomic mass is 9.45. The summed E-state index contributed by atoms with van der Waals surface area (Å²) in [4.78, 5) is 12.2. The molecule has 3 saturated carbocycles. The van der Waals surface area contributed by atoms with E-state index in [2.05, 4.69) is 13.8 Å². The second-order valence-corrected chi connectivity index (χ2v) is 9.73. The van der Waals surface area contributed by atoms with Crippen molar-refractivity contribution in [3.63, 3.8) is 0 Å². The third kappa shape index (κ3) is 1.88. The van der Waals surface area contributed by atoms with E-state index in [1.54, 1.807) is 0 Å². The van der Waals surface area contributed by atoms with Gasteiger partial charge in [-0.1, -0.05) is 19.4 Å². The molecule has 0 unspecified atom stereocenters. The van der Waals surface area contributed by atoms with Gasteiger partial charge < -0.3 is 5.11 Å². The van der Waals surface area contributed by atoms with Crippen LogP contribution in [0.5, 0.6) is 0 Å². The Morgan fingerprint density at radius 1 is 1.12 bits per heavy atom. The first-order chi connectivity index (χ1) is 11.1. The zero-order valence-electron chi connectivity index (χ0n) is 15.5. The number of rotatable bonds is 0. The number of Topliss-reactive ketones (excluding diaryl/α,β-unsaturated/α-hetero) is 1. The molecule has 4 rings (SSSR count). The van der Waals surface area contributed by atoms with Crippen LogP contribution in [0.15, 0.2) is 11.1 Å². The normalized spacial score (nSPS) is 54.3. The highest BCUT2D eigenvalue weighted by Gasteiger charge is 2.65. The number of allylic oxidation sites excluding steroid dienone is 1. The monoisotopic (exact) mass is 334 g/mol. The number of fused-ring (bicyclic) bond motifs is 5. The predicted octanol–water partition coefficient (Wildman–Crippen LogP) is 4.61. The van der Waals surface area contributed by atoms with E-state index >= 15 is 4.39 Å². The lowest BCUT2D eigenvalue weighted by Crippen LogP contribution is -2.58. The Kier molecular flexibility index (Phi) is 3.44. The van der Waals surface area contributed by atoms with E-state index in [4.69, 9.17) is 0 Å². The van der Waals surface area contributed by atoms with E-state index in [1.165, 1.54) is 5.57 Å². The average Bonchev–Trinajstić information content (AvgIpc) is 2.73. The van der Waals surface area contributed by atoms with Crippen molar-refractivity contribution < 1.29 is 14.3 Å². The van der Waals surface area contributed by atoms with Crippen molar-refractivity contribution in [3.8, 4) is 0 Å². The summed E-state index contributed by atoms with van der Waals surface area (Å²) in [6, 6.07) is 0. The number of carbonyl (C=O) groups is 1. The molecule has 3 heteroatoms. The Morgan fingerprint density at radius 3 is 2.54 bits per heavy atom. The fourth-order valence-corrected chi connectivity index (χ4v) is 7.26. The highest BCUT2D eigenvalue weighted by molar-refractivity contribution is 5.96. The van der Waals surface area contributed by atoms with E-state index in [0.29, 0.717) is 24.7 Å². The van der Waals surface area contributed by atoms with E-state index in [1.807, 2.05) is 13.8 Å². The fraction of sp³-hybridized carbons (Fsp3) is 0.857. The van der Waals surface area contributed by atoms with E-state index in [9.17, 15) is 9.90 Å². The van der Waals surface area contributed by atoms with Crippen LogP contribution < -0.4 is 0 Å². The lowest BCUT2D eigenvalue weighted by Gasteiger charge is -2.60. The van der Waals surface area contributed by atoms with Gasteiger partial charge in [0, 0.05) is 17.8 Å². The van der Waals surface area contributed by atoms with Crippen molar-refractivity contribution >= 4 is 5.78 Å². The second-order valence-electron chi connectivity index (χ2n) is 9.73. The van der Waals surface area contributed by atoms with Gasteiger partial charge in [0.25, 0.3) is 0 Å². The van der Waals surface area contributed by atoms with Gasteiger partial charge in [0.05, 0.1) is 5.60 Å². The Balaban J connectivity index is 1.77. The molecule has 0 aromatic rings. The minimum atomic E-state index is -0.873. The van der Waals surface area contributed by atoms with Crippen LogP contribution >= 0.6 is 0 Å². The molecule has 0 aromatic heterocycles. The molecule has 4 aliphatic carbocycles. The van der Waals surface area contributed by atoms with Crippen molar-refractivity contribution in [2.45, 2.75) is 84.4 Å². The van der Waals surface area contributed by atoms with Crippen LogP contribution in [0.3, 0.4) is 0 Å². The molecule has 2 nitrogen and oxygen atoms in total. The standard InChI is InChI=1S/C21H31FO2/c1-12-14-6-5-13-15-7-10-21(4,24)20(15,3)11-16(22)18(13)19(14,2)9-8-17(12)23/h13,15-16,18,24H,5-11H2,1-4H3/t13-,15-,16-,18+,19-,20-,21-/m0/s1. The van der Waals surface area contributed by atoms with Crippen molar-refractivity contribution in [1.82, 2.24) is 0 Å². The Morgan fingerprint density at radius 2 is 1.83 bits per heavy atom. The van der Waals surface area contributed by atoms with Gasteiger partial charge in [0.1, 0.15) is 6.17 Å². The van der Waals surface area contributed by atoms with Crippen molar-refractivity contribution in [3.05, 3.63) is 11.1 Å². The van der Waals surface area contributed by atoms with Gasteiger partial charge in [-0.2, -0.15) is 0 Å². The van der Waals surface area contributed by atoms with Crippen molar-refractivity contribution in [2.24, 2.45) is 28.6 Å². The van der Waals surface area contributed by atoms with Gasteiger partial charge in [0.2, 0.25) is 0 Å². The number of ketones is 1. The van der Waals surface area contributed by atoms with E-state index in [-0.39, 0.29) is 22.5 Å². The summed E-state index contributed by atoms with van der Waals surface area (Å²) in [5, 5.41) is 10.9. The zero-order chi connectivity index (χ0) is 17.5. The molecule has 7 atom stereocenters. The first-order valence-electron chi connectivity index (χ1n) is 9.72. The molecule has 0 aromatic carbocycles. The first-order valence-corrected chi connectivity index (χ1v) is 9.72. The van der Waals surface area contributed by atoms with Crippen LogP contribution in [0.25, 0.3) is 0 Å². The maximum Gasteiger partial charge on any atom is 0.158 e. The van der Waals surface area contributed by atoms with Gasteiger partial charge in [-0.15, -0.1) is 0 Å². The number of alkyl halides is 1. The minimum Gasteiger partial charge on any atom is -0.390 e. The Labute approximate surface area is 144 Å². The third-order valence-electron chi connectivity index (χ3n) is 8.87. The van der Waals surface area contributed by atoms with Gasteiger partial charge in [-0.05, 0) is 75.2 Å². The molecule has 1 N–H and O–H groups in total. The molecular formula is C21H31FO2. The molecule has 3 fully saturated rings. The highest BCUT2D eigenvalue weighted by Crippen LogP contribution is 2.68. The van der Waals surface area contributed by atoms with Crippen molar-refractivity contribution in [1.29, 1.82) is 0 Å². The first kappa shape index (κ1) is 16.8. The molecule has 0 heterocycles. The third-order valence-corrected chi connectivity index (χ3v) is 8.87. The molecule has 0 saturated heterocycles. The zero-order valence-corrected chi connectivity index (χ0v) is 15.5. The molecule has 0 amide bonds. The van der Waals surface area contributed by atoms with Gasteiger partial charge in [-0.25, -0.2) is 4.39 Å². The quantitative estimate of drug-likeness (QED) is 0.702. The van der Waals surface area contributed by atoms with Crippen LogP contribution in [0, 0.1) is 28.6 Å². The summed E-state index contributed by atoms with van der Waals surface area (Å²) in [6.45, 7) is 8.21. The van der Waals surface area contributed by atoms with Crippen LogP contribution in [0.2, 0.25) is 0 Å². The largest absolute Gasteiger partial charge is 0.390 e. The molecule has 24 heavy (non-hydrogen) atoms. The molecular weight excluding hydrogens is 303 g/mol. The number of hydrogen-bond donors (Lipinski definition) is 1. The summed E-state index contributed by atoms with van der Waals surface area (Å²) < 4.78 is 15.6. The number of halogens is 1. The van der Waals surface area contributed by atoms with Gasteiger partial charge >= 0.3 is 0 Å². The number of aliphatic hydroxyl groups is 1. The maximum absolute atomic E-state index is 15.6. The van der Waals surface area contributed by atoms with Gasteiger partial charge in [0.15, 0.2) is 5.78 Å². The average molecular weight is 334 g/mol. The minimum absolute atomic E-state index is 0.0243. The second kappa shape index (κ2) is 4.93. The maximum atomic E-state index is 15.6. The molecule has 0 aliphatic heterocycles. The Bertz CT molecular complexity index is 621. The van der Waals surface area contributed by atoms with E-state index < -0.39 is 11.8 Å². The van der Waals surface area contributed by atoms with Crippen LogP contribution in [-0.4, -0.2) is 22.7 Å². The SMILES string of the molecule is CC1=C2CC[C@@H]3[C@H]([C@@H](F)C[C@@]4(C)[C@H]3CC[C@]4(C)O)[C@@]2(C)CCC1=O. The number of hydrogen-bond acceptors (Lipinski definition) is 2. The molecule has 0 radical (unpaired) electrons. The van der Waals surface area contributed by atoms with E-state index in [0.717, 1.165) is 37.7 Å². The number of carbonyl (C=O) groups excluding carboxylic acids is 1. The molecule has 134 valence electrons. The summed E-state index contributed by atoms with van der Waals surface area (Å²) in [6.07, 6.45) is 4.71. The van der Waals surface area contributed by atoms with Crippen LogP contribution in [0.1, 0.15) is 72.6 Å². The summed E-state index contributed by atoms with van der Waals surface area (Å²) in [5.41, 5.74) is 0.959. The highest BCUT2D eigenvalue weighted by atomic mass is 19.1. The predicted molar refractivity (Wildman–Crippen MR) is 92.2 cm³/mol.